The highest BCUT2D eigenvalue weighted by molar-refractivity contribution is 5.82. The van der Waals surface area contributed by atoms with Gasteiger partial charge in [-0.2, -0.15) is 0 Å². The van der Waals surface area contributed by atoms with Crippen molar-refractivity contribution < 1.29 is 14.4 Å². The number of hydrogen-bond acceptors (Lipinski definition) is 5. The van der Waals surface area contributed by atoms with E-state index in [0.717, 1.165) is 32.7 Å². The second-order valence-electron chi connectivity index (χ2n) is 6.61. The molecule has 3 amide bonds. The first kappa shape index (κ1) is 18.7. The summed E-state index contributed by atoms with van der Waals surface area (Å²) in [7, 11) is 0. The van der Waals surface area contributed by atoms with Gasteiger partial charge in [-0.3, -0.25) is 19.3 Å². The normalized spacial score (nSPS) is 23.8. The second kappa shape index (κ2) is 8.43. The number of hydrogen-bond donors (Lipinski definition) is 1. The van der Waals surface area contributed by atoms with E-state index in [1.807, 2.05) is 0 Å². The lowest BCUT2D eigenvalue weighted by Crippen LogP contribution is -2.50. The van der Waals surface area contributed by atoms with E-state index in [0.29, 0.717) is 32.7 Å². The maximum Gasteiger partial charge on any atom is 0.236 e. The van der Waals surface area contributed by atoms with Crippen molar-refractivity contribution in [2.75, 3.05) is 65.4 Å². The highest BCUT2D eigenvalue weighted by Crippen LogP contribution is 2.11. The van der Waals surface area contributed by atoms with Crippen LogP contribution in [-0.4, -0.2) is 103 Å². The topological polar surface area (TPSA) is 90.2 Å². The summed E-state index contributed by atoms with van der Waals surface area (Å²) in [4.78, 5) is 43.7. The third-order valence-corrected chi connectivity index (χ3v) is 4.99. The summed E-state index contributed by atoms with van der Waals surface area (Å²) in [5.74, 6) is -1.04. The molecule has 1 atom stereocenters. The number of primary amides is 1. The molecule has 2 heterocycles. The molecule has 0 saturated carbocycles. The summed E-state index contributed by atoms with van der Waals surface area (Å²) in [5, 5.41) is 0. The summed E-state index contributed by atoms with van der Waals surface area (Å²) in [6, 6.07) is 0. The molecule has 0 aliphatic carbocycles. The number of carbonyl (C=O) groups excluding carboxylic acids is 3. The molecule has 8 heteroatoms. The Morgan fingerprint density at radius 3 is 2.00 bits per heavy atom. The molecule has 8 nitrogen and oxygen atoms in total. The molecule has 2 saturated heterocycles. The maximum atomic E-state index is 12.6. The van der Waals surface area contributed by atoms with Crippen LogP contribution in [0.15, 0.2) is 0 Å². The Kier molecular flexibility index (Phi) is 6.56. The zero-order valence-electron chi connectivity index (χ0n) is 14.7. The van der Waals surface area contributed by atoms with Gasteiger partial charge in [-0.1, -0.05) is 6.92 Å². The average Bonchev–Trinajstić information content (AvgIpc) is 2.79. The highest BCUT2D eigenvalue weighted by atomic mass is 16.2. The zero-order chi connectivity index (χ0) is 17.7. The fourth-order valence-corrected chi connectivity index (χ4v) is 3.26. The second-order valence-corrected chi connectivity index (χ2v) is 6.61. The van der Waals surface area contributed by atoms with Crippen LogP contribution in [0.5, 0.6) is 0 Å². The van der Waals surface area contributed by atoms with Crippen molar-refractivity contribution >= 4 is 17.7 Å². The Morgan fingerprint density at radius 1 is 0.917 bits per heavy atom. The van der Waals surface area contributed by atoms with Crippen molar-refractivity contribution in [2.45, 2.75) is 13.8 Å². The Bertz CT molecular complexity index is 476. The fraction of sp³-hybridized carbons (Fsp3) is 0.812. The van der Waals surface area contributed by atoms with Crippen LogP contribution in [-0.2, 0) is 14.4 Å². The number of carbonyl (C=O) groups is 3. The van der Waals surface area contributed by atoms with Crippen LogP contribution in [0.4, 0.5) is 0 Å². The smallest absolute Gasteiger partial charge is 0.236 e. The van der Waals surface area contributed by atoms with Crippen molar-refractivity contribution in [3.05, 3.63) is 0 Å². The molecular formula is C16H29N5O3. The summed E-state index contributed by atoms with van der Waals surface area (Å²) in [5.41, 5.74) is 5.45. The minimum atomic E-state index is -0.503. The van der Waals surface area contributed by atoms with Crippen LogP contribution in [0, 0.1) is 5.92 Å². The Balaban J connectivity index is 1.93. The molecule has 0 spiro atoms. The minimum Gasteiger partial charge on any atom is -0.369 e. The van der Waals surface area contributed by atoms with E-state index in [9.17, 15) is 14.4 Å². The molecule has 0 bridgehead atoms. The van der Waals surface area contributed by atoms with Crippen molar-refractivity contribution in [1.82, 2.24) is 19.6 Å². The van der Waals surface area contributed by atoms with E-state index in [2.05, 4.69) is 16.7 Å². The van der Waals surface area contributed by atoms with E-state index in [1.54, 1.807) is 9.80 Å². The summed E-state index contributed by atoms with van der Waals surface area (Å²) in [6.07, 6.45) is 0. The van der Waals surface area contributed by atoms with Crippen LogP contribution in [0.1, 0.15) is 13.8 Å². The molecule has 136 valence electrons. The van der Waals surface area contributed by atoms with Gasteiger partial charge >= 0.3 is 0 Å². The third-order valence-electron chi connectivity index (χ3n) is 4.99. The monoisotopic (exact) mass is 339 g/mol. The number of nitrogens with zero attached hydrogens (tertiary/aromatic N) is 4. The Hall–Kier alpha value is -1.67. The SMILES string of the molecule is CCN1CCN(CC(=O)N2CCN(C(C)=O)C[C@H](C(N)=O)C2)CC1. The van der Waals surface area contributed by atoms with Crippen molar-refractivity contribution in [3.63, 3.8) is 0 Å². The largest absolute Gasteiger partial charge is 0.369 e. The summed E-state index contributed by atoms with van der Waals surface area (Å²) >= 11 is 0. The molecule has 2 N–H and O–H groups in total. The molecule has 0 aromatic heterocycles. The minimum absolute atomic E-state index is 0.0107. The first-order valence-electron chi connectivity index (χ1n) is 8.68. The molecule has 0 radical (unpaired) electrons. The number of rotatable bonds is 4. The van der Waals surface area contributed by atoms with E-state index >= 15 is 0 Å². The fourth-order valence-electron chi connectivity index (χ4n) is 3.26. The Labute approximate surface area is 143 Å². The van der Waals surface area contributed by atoms with Gasteiger partial charge in [0, 0.05) is 59.3 Å². The molecule has 2 rings (SSSR count). The predicted molar refractivity (Wildman–Crippen MR) is 90.1 cm³/mol. The van der Waals surface area contributed by atoms with E-state index in [1.165, 1.54) is 6.92 Å². The van der Waals surface area contributed by atoms with Gasteiger partial charge in [0.2, 0.25) is 17.7 Å². The zero-order valence-corrected chi connectivity index (χ0v) is 14.7. The number of piperazine rings is 1. The molecule has 2 aliphatic rings. The lowest BCUT2D eigenvalue weighted by molar-refractivity contribution is -0.134. The van der Waals surface area contributed by atoms with E-state index in [-0.39, 0.29) is 11.8 Å². The van der Waals surface area contributed by atoms with Crippen molar-refractivity contribution in [1.29, 1.82) is 0 Å². The molecule has 2 fully saturated rings. The van der Waals surface area contributed by atoms with Gasteiger partial charge < -0.3 is 20.4 Å². The van der Waals surface area contributed by atoms with Crippen molar-refractivity contribution in [3.8, 4) is 0 Å². The van der Waals surface area contributed by atoms with E-state index in [4.69, 9.17) is 5.73 Å². The Morgan fingerprint density at radius 2 is 1.46 bits per heavy atom. The number of nitrogens with two attached hydrogens (primary N) is 1. The lowest BCUT2D eigenvalue weighted by Gasteiger charge is -2.34. The van der Waals surface area contributed by atoms with Crippen LogP contribution in [0.3, 0.4) is 0 Å². The standard InChI is InChI=1S/C16H29N5O3/c1-3-18-4-6-19(7-5-18)12-15(23)21-9-8-20(13(2)22)10-14(11-21)16(17)24/h14H,3-12H2,1-2H3,(H2,17,24)/t14-/m0/s1. The molecular weight excluding hydrogens is 310 g/mol. The molecule has 2 aliphatic heterocycles. The highest BCUT2D eigenvalue weighted by Gasteiger charge is 2.30. The van der Waals surface area contributed by atoms with Crippen LogP contribution >= 0.6 is 0 Å². The lowest BCUT2D eigenvalue weighted by atomic mass is 10.1. The van der Waals surface area contributed by atoms with Gasteiger partial charge in [0.15, 0.2) is 0 Å². The number of likely N-dealkylation sites (N-methyl/N-ethyl adjacent to an activating group) is 1. The molecule has 24 heavy (non-hydrogen) atoms. The van der Waals surface area contributed by atoms with Gasteiger partial charge in [0.25, 0.3) is 0 Å². The van der Waals surface area contributed by atoms with Gasteiger partial charge in [0.1, 0.15) is 0 Å². The summed E-state index contributed by atoms with van der Waals surface area (Å²) < 4.78 is 0. The van der Waals surface area contributed by atoms with Gasteiger partial charge in [-0.05, 0) is 6.54 Å². The van der Waals surface area contributed by atoms with E-state index < -0.39 is 11.8 Å². The first-order valence-corrected chi connectivity index (χ1v) is 8.68. The van der Waals surface area contributed by atoms with Gasteiger partial charge in [-0.15, -0.1) is 0 Å². The molecule has 0 unspecified atom stereocenters. The number of amides is 3. The third kappa shape index (κ3) is 4.91. The average molecular weight is 339 g/mol. The molecule has 0 aromatic carbocycles. The van der Waals surface area contributed by atoms with Crippen LogP contribution in [0.2, 0.25) is 0 Å². The van der Waals surface area contributed by atoms with Gasteiger partial charge in [-0.25, -0.2) is 0 Å². The quantitative estimate of drug-likeness (QED) is 0.667. The molecule has 0 aromatic rings. The summed E-state index contributed by atoms with van der Waals surface area (Å²) in [6.45, 7) is 10.2. The van der Waals surface area contributed by atoms with Gasteiger partial charge in [0.05, 0.1) is 12.5 Å². The van der Waals surface area contributed by atoms with Crippen LogP contribution in [0.25, 0.3) is 0 Å². The predicted octanol–water partition coefficient (Wildman–Crippen LogP) is -1.58. The maximum absolute atomic E-state index is 12.6. The van der Waals surface area contributed by atoms with Crippen LogP contribution < -0.4 is 5.73 Å². The van der Waals surface area contributed by atoms with Crippen molar-refractivity contribution in [2.24, 2.45) is 11.7 Å². The first-order chi connectivity index (χ1) is 11.4.